The van der Waals surface area contributed by atoms with Crippen molar-refractivity contribution >= 4 is 23.9 Å². The van der Waals surface area contributed by atoms with Gasteiger partial charge in [0.1, 0.15) is 0 Å². The smallest absolute Gasteiger partial charge is 0.224 e. The van der Waals surface area contributed by atoms with Crippen LogP contribution in [0.15, 0.2) is 28.9 Å². The number of nitrogens with one attached hydrogen (secondary N) is 1. The Hall–Kier alpha value is -1.03. The number of amides is 1. The van der Waals surface area contributed by atoms with Crippen LogP contribution in [0.2, 0.25) is 0 Å². The molecule has 2 heterocycles. The van der Waals surface area contributed by atoms with Crippen LogP contribution in [-0.2, 0) is 4.79 Å². The third-order valence-electron chi connectivity index (χ3n) is 6.48. The van der Waals surface area contributed by atoms with Crippen LogP contribution in [0, 0.1) is 11.8 Å². The van der Waals surface area contributed by atoms with Crippen molar-refractivity contribution in [2.24, 2.45) is 16.8 Å². The number of rotatable bonds is 2. The van der Waals surface area contributed by atoms with Gasteiger partial charge < -0.3 is 5.32 Å². The number of allylic oxidation sites excluding steroid dienone is 3. The van der Waals surface area contributed by atoms with Gasteiger partial charge in [-0.3, -0.25) is 9.79 Å². The van der Waals surface area contributed by atoms with Crippen molar-refractivity contribution in [2.45, 2.75) is 75.0 Å². The number of carbonyl (C=O) groups is 1. The van der Waals surface area contributed by atoms with Crippen molar-refractivity contribution in [1.82, 2.24) is 5.32 Å². The molecule has 0 aromatic rings. The first-order valence-electron chi connectivity index (χ1n) is 10.1. The van der Waals surface area contributed by atoms with Crippen LogP contribution in [0.1, 0.15) is 64.2 Å². The molecule has 0 bridgehead atoms. The summed E-state index contributed by atoms with van der Waals surface area (Å²) < 4.78 is 0.0594. The highest BCUT2D eigenvalue weighted by molar-refractivity contribution is 8.01. The van der Waals surface area contributed by atoms with E-state index in [-0.39, 0.29) is 10.7 Å². The number of hydrogen-bond donors (Lipinski definition) is 1. The molecule has 4 aliphatic rings. The van der Waals surface area contributed by atoms with Gasteiger partial charge in [-0.1, -0.05) is 50.7 Å². The quantitative estimate of drug-likeness (QED) is 0.781. The summed E-state index contributed by atoms with van der Waals surface area (Å²) in [4.78, 5) is 17.8. The molecule has 1 spiro atoms. The van der Waals surface area contributed by atoms with Crippen LogP contribution in [0.4, 0.5) is 0 Å². The molecule has 0 radical (unpaired) electrons. The standard InChI is InChI=1S/C21H30N2OS/c24-20(23-16-9-5-3-1-2-4-6-10-16)17-15-25-21-13-8-7-11-19(21)22-14-12-18(17)21/h7-8,11,14,16-18H,1-6,9-10,12-13,15H2,(H,23,24). The van der Waals surface area contributed by atoms with Crippen LogP contribution in [0.3, 0.4) is 0 Å². The minimum Gasteiger partial charge on any atom is -0.353 e. The molecule has 2 fully saturated rings. The molecular weight excluding hydrogens is 328 g/mol. The predicted molar refractivity (Wildman–Crippen MR) is 106 cm³/mol. The first-order valence-corrected chi connectivity index (χ1v) is 11.1. The third kappa shape index (κ3) is 3.47. The first kappa shape index (κ1) is 17.4. The highest BCUT2D eigenvalue weighted by Gasteiger charge is 2.54. The van der Waals surface area contributed by atoms with Crippen molar-refractivity contribution in [1.29, 1.82) is 0 Å². The van der Waals surface area contributed by atoms with E-state index < -0.39 is 0 Å². The maximum absolute atomic E-state index is 13.1. The lowest BCUT2D eigenvalue weighted by molar-refractivity contribution is -0.126. The van der Waals surface area contributed by atoms with E-state index in [0.29, 0.717) is 17.9 Å². The minimum absolute atomic E-state index is 0.0594. The van der Waals surface area contributed by atoms with Crippen molar-refractivity contribution < 1.29 is 4.79 Å². The number of thioether (sulfide) groups is 1. The number of aliphatic imine (C=N–C) groups is 1. The van der Waals surface area contributed by atoms with Gasteiger partial charge in [-0.15, -0.1) is 11.8 Å². The molecule has 3 atom stereocenters. The van der Waals surface area contributed by atoms with Gasteiger partial charge in [-0.25, -0.2) is 0 Å². The molecule has 1 saturated carbocycles. The van der Waals surface area contributed by atoms with Crippen LogP contribution < -0.4 is 5.32 Å². The van der Waals surface area contributed by atoms with Crippen molar-refractivity contribution in [2.75, 3.05) is 5.75 Å². The van der Waals surface area contributed by atoms with Gasteiger partial charge >= 0.3 is 0 Å². The Labute approximate surface area is 155 Å². The summed E-state index contributed by atoms with van der Waals surface area (Å²) in [6, 6.07) is 0.394. The summed E-state index contributed by atoms with van der Waals surface area (Å²) in [5, 5.41) is 3.45. The van der Waals surface area contributed by atoms with Crippen molar-refractivity contribution in [3.05, 3.63) is 23.9 Å². The lowest BCUT2D eigenvalue weighted by atomic mass is 9.73. The SMILES string of the molecule is O=C(NC1CCCCCCCC1)C1CSC23CC=CC=C2N=CCC13. The van der Waals surface area contributed by atoms with E-state index >= 15 is 0 Å². The fourth-order valence-electron chi connectivity index (χ4n) is 5.02. The molecule has 4 rings (SSSR count). The molecular formula is C21H30N2OS. The lowest BCUT2D eigenvalue weighted by Crippen LogP contribution is -2.45. The Morgan fingerprint density at radius 2 is 1.92 bits per heavy atom. The van der Waals surface area contributed by atoms with E-state index in [9.17, 15) is 4.79 Å². The Kier molecular flexibility index (Phi) is 5.35. The Balaban J connectivity index is 1.43. The van der Waals surface area contributed by atoms with Gasteiger partial charge in [-0.05, 0) is 37.7 Å². The highest BCUT2D eigenvalue weighted by atomic mass is 32.2. The summed E-state index contributed by atoms with van der Waals surface area (Å²) in [5.41, 5.74) is 1.19. The second kappa shape index (κ2) is 7.69. The summed E-state index contributed by atoms with van der Waals surface area (Å²) in [6.07, 6.45) is 20.8. The molecule has 0 aromatic heterocycles. The molecule has 4 heteroatoms. The van der Waals surface area contributed by atoms with Gasteiger partial charge in [0.05, 0.1) is 16.4 Å². The monoisotopic (exact) mass is 358 g/mol. The highest BCUT2D eigenvalue weighted by Crippen LogP contribution is 2.57. The average molecular weight is 359 g/mol. The summed E-state index contributed by atoms with van der Waals surface area (Å²) in [5.74, 6) is 1.79. The first-order chi connectivity index (χ1) is 12.3. The normalized spacial score (nSPS) is 35.8. The Morgan fingerprint density at radius 1 is 1.16 bits per heavy atom. The van der Waals surface area contributed by atoms with E-state index in [1.54, 1.807) is 0 Å². The van der Waals surface area contributed by atoms with E-state index in [1.807, 2.05) is 18.0 Å². The van der Waals surface area contributed by atoms with Gasteiger partial charge in [-0.2, -0.15) is 0 Å². The van der Waals surface area contributed by atoms with Crippen molar-refractivity contribution in [3.63, 3.8) is 0 Å². The molecule has 2 aliphatic heterocycles. The molecule has 3 unspecified atom stereocenters. The van der Waals surface area contributed by atoms with Crippen LogP contribution in [-0.4, -0.2) is 28.7 Å². The second-order valence-electron chi connectivity index (χ2n) is 8.05. The largest absolute Gasteiger partial charge is 0.353 e. The van der Waals surface area contributed by atoms with Gasteiger partial charge in [0.2, 0.25) is 5.91 Å². The molecule has 136 valence electrons. The Bertz CT molecular complexity index is 587. The number of hydrogen-bond acceptors (Lipinski definition) is 3. The van der Waals surface area contributed by atoms with Crippen molar-refractivity contribution in [3.8, 4) is 0 Å². The van der Waals surface area contributed by atoms with Crippen LogP contribution >= 0.6 is 11.8 Å². The number of carbonyl (C=O) groups excluding carboxylic acids is 1. The minimum atomic E-state index is 0.0594. The molecule has 25 heavy (non-hydrogen) atoms. The Morgan fingerprint density at radius 3 is 2.72 bits per heavy atom. The van der Waals surface area contributed by atoms with E-state index in [0.717, 1.165) is 31.4 Å². The zero-order valence-electron chi connectivity index (χ0n) is 15.1. The molecule has 3 nitrogen and oxygen atoms in total. The zero-order valence-corrected chi connectivity index (χ0v) is 15.9. The maximum atomic E-state index is 13.1. The summed E-state index contributed by atoms with van der Waals surface area (Å²) in [6.45, 7) is 0. The third-order valence-corrected chi connectivity index (χ3v) is 8.20. The van der Waals surface area contributed by atoms with Gasteiger partial charge in [0, 0.05) is 18.0 Å². The molecule has 2 aliphatic carbocycles. The zero-order chi connectivity index (χ0) is 17.1. The van der Waals surface area contributed by atoms with E-state index in [4.69, 9.17) is 0 Å². The molecule has 1 amide bonds. The van der Waals surface area contributed by atoms with E-state index in [1.165, 1.54) is 44.2 Å². The van der Waals surface area contributed by atoms with Gasteiger partial charge in [0.25, 0.3) is 0 Å². The fourth-order valence-corrected chi connectivity index (χ4v) is 6.84. The van der Waals surface area contributed by atoms with Gasteiger partial charge in [0.15, 0.2) is 0 Å². The van der Waals surface area contributed by atoms with Crippen LogP contribution in [0.25, 0.3) is 0 Å². The molecule has 1 N–H and O–H groups in total. The fraction of sp³-hybridized carbons (Fsp3) is 0.714. The van der Waals surface area contributed by atoms with Crippen LogP contribution in [0.5, 0.6) is 0 Å². The number of nitrogens with zero attached hydrogens (tertiary/aromatic N) is 1. The molecule has 1 saturated heterocycles. The topological polar surface area (TPSA) is 41.5 Å². The molecule has 0 aromatic carbocycles. The lowest BCUT2D eigenvalue weighted by Gasteiger charge is -2.39. The summed E-state index contributed by atoms with van der Waals surface area (Å²) >= 11 is 1.97. The predicted octanol–water partition coefficient (Wildman–Crippen LogP) is 4.64. The average Bonchev–Trinajstić information content (AvgIpc) is 3.06. The summed E-state index contributed by atoms with van der Waals surface area (Å²) in [7, 11) is 0. The maximum Gasteiger partial charge on any atom is 0.224 e. The van der Waals surface area contributed by atoms with E-state index in [2.05, 4.69) is 28.5 Å². The second-order valence-corrected chi connectivity index (χ2v) is 9.40.